The van der Waals surface area contributed by atoms with E-state index in [9.17, 15) is 13.2 Å². The molecule has 0 bridgehead atoms. The van der Waals surface area contributed by atoms with Crippen LogP contribution in [0.15, 0.2) is 48.5 Å². The molecule has 0 N–H and O–H groups in total. The van der Waals surface area contributed by atoms with Gasteiger partial charge in [-0.25, -0.2) is 0 Å². The van der Waals surface area contributed by atoms with Crippen LogP contribution in [0.2, 0.25) is 0 Å². The van der Waals surface area contributed by atoms with Gasteiger partial charge in [-0.2, -0.15) is 13.2 Å². The van der Waals surface area contributed by atoms with Crippen molar-refractivity contribution in [2.45, 2.75) is 12.5 Å². The molecule has 0 atom stereocenters. The minimum Gasteiger partial charge on any atom is -0.346 e. The molecule has 0 aliphatic carbocycles. The third-order valence-corrected chi connectivity index (χ3v) is 3.33. The maximum atomic E-state index is 12.6. The maximum absolute atomic E-state index is 12.6. The van der Waals surface area contributed by atoms with Gasteiger partial charge in [-0.05, 0) is 29.3 Å². The highest BCUT2D eigenvalue weighted by Crippen LogP contribution is 2.32. The topological polar surface area (TPSA) is 18.5 Å². The Bertz CT molecular complexity index is 614. The molecular formula is C16H13F3O2. The zero-order valence-corrected chi connectivity index (χ0v) is 11.1. The van der Waals surface area contributed by atoms with Gasteiger partial charge in [-0.3, -0.25) is 0 Å². The monoisotopic (exact) mass is 294 g/mol. The second kappa shape index (κ2) is 5.50. The van der Waals surface area contributed by atoms with Gasteiger partial charge in [0, 0.05) is 5.56 Å². The van der Waals surface area contributed by atoms with Crippen LogP contribution in [0.3, 0.4) is 0 Å². The molecule has 0 saturated carbocycles. The third-order valence-electron chi connectivity index (χ3n) is 3.33. The largest absolute Gasteiger partial charge is 0.416 e. The minimum absolute atomic E-state index is 0.389. The molecule has 3 rings (SSSR count). The summed E-state index contributed by atoms with van der Waals surface area (Å²) >= 11 is 0. The number of hydrogen-bond acceptors (Lipinski definition) is 2. The summed E-state index contributed by atoms with van der Waals surface area (Å²) in [7, 11) is 0. The van der Waals surface area contributed by atoms with Crippen molar-refractivity contribution in [2.24, 2.45) is 0 Å². The number of hydrogen-bond donors (Lipinski definition) is 0. The lowest BCUT2D eigenvalue weighted by molar-refractivity contribution is -0.137. The average molecular weight is 294 g/mol. The first-order valence-corrected chi connectivity index (χ1v) is 6.55. The van der Waals surface area contributed by atoms with Gasteiger partial charge in [0.25, 0.3) is 0 Å². The van der Waals surface area contributed by atoms with Crippen molar-refractivity contribution in [1.82, 2.24) is 0 Å². The van der Waals surface area contributed by atoms with Crippen molar-refractivity contribution in [2.75, 3.05) is 13.2 Å². The highest BCUT2D eigenvalue weighted by molar-refractivity contribution is 5.64. The predicted molar refractivity (Wildman–Crippen MR) is 71.5 cm³/mol. The highest BCUT2D eigenvalue weighted by Gasteiger charge is 2.30. The standard InChI is InChI=1S/C16H13F3O2/c17-16(18,19)14-6-4-11(5-7-14)12-2-1-3-13(10-12)15-20-8-9-21-15/h1-7,10,15H,8-9H2. The van der Waals surface area contributed by atoms with Gasteiger partial charge >= 0.3 is 6.18 Å². The van der Waals surface area contributed by atoms with Crippen LogP contribution in [-0.2, 0) is 15.7 Å². The molecule has 2 nitrogen and oxygen atoms in total. The number of ether oxygens (including phenoxy) is 2. The van der Waals surface area contributed by atoms with Crippen molar-refractivity contribution in [3.05, 3.63) is 59.7 Å². The molecule has 1 saturated heterocycles. The normalized spacial score (nSPS) is 16.3. The van der Waals surface area contributed by atoms with Crippen LogP contribution in [-0.4, -0.2) is 13.2 Å². The molecule has 1 heterocycles. The summed E-state index contributed by atoms with van der Waals surface area (Å²) in [6.07, 6.45) is -4.70. The Morgan fingerprint density at radius 1 is 0.857 bits per heavy atom. The molecule has 0 radical (unpaired) electrons. The Balaban J connectivity index is 1.88. The smallest absolute Gasteiger partial charge is 0.346 e. The summed E-state index contributed by atoms with van der Waals surface area (Å²) in [5.74, 6) is 0. The lowest BCUT2D eigenvalue weighted by atomic mass is 10.0. The van der Waals surface area contributed by atoms with Crippen LogP contribution < -0.4 is 0 Å². The molecule has 2 aromatic rings. The molecule has 1 fully saturated rings. The molecule has 110 valence electrons. The van der Waals surface area contributed by atoms with Crippen LogP contribution in [0, 0.1) is 0 Å². The van der Waals surface area contributed by atoms with Crippen molar-refractivity contribution in [3.63, 3.8) is 0 Å². The van der Waals surface area contributed by atoms with Gasteiger partial charge in [0.1, 0.15) is 0 Å². The molecule has 0 aromatic heterocycles. The van der Waals surface area contributed by atoms with Gasteiger partial charge in [0.15, 0.2) is 6.29 Å². The fourth-order valence-electron chi connectivity index (χ4n) is 2.27. The van der Waals surface area contributed by atoms with Crippen LogP contribution in [0.1, 0.15) is 17.4 Å². The molecule has 2 aromatic carbocycles. The van der Waals surface area contributed by atoms with Gasteiger partial charge in [-0.1, -0.05) is 30.3 Å². The zero-order chi connectivity index (χ0) is 14.9. The lowest BCUT2D eigenvalue weighted by Gasteiger charge is -2.12. The fourth-order valence-corrected chi connectivity index (χ4v) is 2.27. The molecule has 5 heteroatoms. The van der Waals surface area contributed by atoms with E-state index in [-0.39, 0.29) is 6.29 Å². The quantitative estimate of drug-likeness (QED) is 0.816. The van der Waals surface area contributed by atoms with E-state index in [1.165, 1.54) is 12.1 Å². The molecular weight excluding hydrogens is 281 g/mol. The number of alkyl halides is 3. The molecule has 0 spiro atoms. The average Bonchev–Trinajstić information content (AvgIpc) is 3.01. The fraction of sp³-hybridized carbons (Fsp3) is 0.250. The van der Waals surface area contributed by atoms with Crippen LogP contribution in [0.5, 0.6) is 0 Å². The van der Waals surface area contributed by atoms with Crippen molar-refractivity contribution < 1.29 is 22.6 Å². The third kappa shape index (κ3) is 3.09. The van der Waals surface area contributed by atoms with E-state index in [4.69, 9.17) is 9.47 Å². The first kappa shape index (κ1) is 14.1. The van der Waals surface area contributed by atoms with Crippen molar-refractivity contribution >= 4 is 0 Å². The SMILES string of the molecule is FC(F)(F)c1ccc(-c2cccc(C3OCCO3)c2)cc1. The Morgan fingerprint density at radius 3 is 2.14 bits per heavy atom. The highest BCUT2D eigenvalue weighted by atomic mass is 19.4. The minimum atomic E-state index is -4.31. The summed E-state index contributed by atoms with van der Waals surface area (Å²) in [6, 6.07) is 12.6. The number of rotatable bonds is 2. The first-order chi connectivity index (χ1) is 10.0. The lowest BCUT2D eigenvalue weighted by Crippen LogP contribution is -2.04. The van der Waals surface area contributed by atoms with Gasteiger partial charge in [0.2, 0.25) is 0 Å². The van der Waals surface area contributed by atoms with Gasteiger partial charge < -0.3 is 9.47 Å². The summed E-state index contributed by atoms with van der Waals surface area (Å²) in [5.41, 5.74) is 1.78. The number of benzene rings is 2. The number of halogens is 3. The molecule has 1 aliphatic heterocycles. The Labute approximate surface area is 120 Å². The maximum Gasteiger partial charge on any atom is 0.416 e. The Kier molecular flexibility index (Phi) is 3.69. The Hall–Kier alpha value is -1.85. The summed E-state index contributed by atoms with van der Waals surface area (Å²) in [6.45, 7) is 1.10. The summed E-state index contributed by atoms with van der Waals surface area (Å²) in [5, 5.41) is 0. The van der Waals surface area contributed by atoms with E-state index < -0.39 is 11.7 Å². The molecule has 0 unspecified atom stereocenters. The van der Waals surface area contributed by atoms with E-state index in [1.54, 1.807) is 0 Å². The van der Waals surface area contributed by atoms with Crippen molar-refractivity contribution in [3.8, 4) is 11.1 Å². The van der Waals surface area contributed by atoms with E-state index in [0.717, 1.165) is 28.8 Å². The zero-order valence-electron chi connectivity index (χ0n) is 11.1. The summed E-state index contributed by atoms with van der Waals surface area (Å²) < 4.78 is 48.5. The summed E-state index contributed by atoms with van der Waals surface area (Å²) in [4.78, 5) is 0. The van der Waals surface area contributed by atoms with Gasteiger partial charge in [0.05, 0.1) is 18.8 Å². The molecule has 0 amide bonds. The van der Waals surface area contributed by atoms with Crippen LogP contribution in [0.25, 0.3) is 11.1 Å². The van der Waals surface area contributed by atoms with Crippen LogP contribution >= 0.6 is 0 Å². The van der Waals surface area contributed by atoms with E-state index in [1.807, 2.05) is 24.3 Å². The molecule has 21 heavy (non-hydrogen) atoms. The van der Waals surface area contributed by atoms with Crippen molar-refractivity contribution in [1.29, 1.82) is 0 Å². The predicted octanol–water partition coefficient (Wildman–Crippen LogP) is 4.42. The molecule has 1 aliphatic rings. The van der Waals surface area contributed by atoms with E-state index in [0.29, 0.717) is 13.2 Å². The van der Waals surface area contributed by atoms with E-state index >= 15 is 0 Å². The van der Waals surface area contributed by atoms with Crippen LogP contribution in [0.4, 0.5) is 13.2 Å². The first-order valence-electron chi connectivity index (χ1n) is 6.55. The second-order valence-electron chi connectivity index (χ2n) is 4.77. The van der Waals surface area contributed by atoms with Gasteiger partial charge in [-0.15, -0.1) is 0 Å². The Morgan fingerprint density at radius 2 is 1.52 bits per heavy atom. The van der Waals surface area contributed by atoms with E-state index in [2.05, 4.69) is 0 Å². The second-order valence-corrected chi connectivity index (χ2v) is 4.77.